The molecule has 4 heterocycles. The van der Waals surface area contributed by atoms with Crippen LogP contribution in [0.5, 0.6) is 5.75 Å². The first kappa shape index (κ1) is 19.2. The van der Waals surface area contributed by atoms with E-state index in [-0.39, 0.29) is 17.4 Å². The minimum absolute atomic E-state index is 0.0880. The van der Waals surface area contributed by atoms with Gasteiger partial charge in [0.05, 0.1) is 11.0 Å². The van der Waals surface area contributed by atoms with Crippen LogP contribution in [0.1, 0.15) is 22.6 Å². The fourth-order valence-electron chi connectivity index (χ4n) is 3.93. The maximum Gasteiger partial charge on any atom is 0.364 e. The maximum atomic E-state index is 11.3. The molecule has 0 spiro atoms. The predicted octanol–water partition coefficient (Wildman–Crippen LogP) is 4.14. The molecule has 11 heteroatoms. The van der Waals surface area contributed by atoms with E-state index < -0.39 is 15.8 Å². The average molecular weight is 430 g/mol. The second-order valence-corrected chi connectivity index (χ2v) is 7.20. The third-order valence-electron chi connectivity index (χ3n) is 5.39. The molecule has 0 aliphatic carbocycles. The van der Waals surface area contributed by atoms with Crippen molar-refractivity contribution in [3.8, 4) is 5.75 Å². The number of nitro groups is 2. The summed E-state index contributed by atoms with van der Waals surface area (Å²) in [6.45, 7) is 0. The molecule has 0 aliphatic heterocycles. The van der Waals surface area contributed by atoms with Crippen LogP contribution in [0, 0.1) is 20.2 Å². The predicted molar refractivity (Wildman–Crippen MR) is 115 cm³/mol. The number of benzene rings is 1. The van der Waals surface area contributed by atoms with Gasteiger partial charge in [0.1, 0.15) is 5.75 Å². The molecular weight excluding hydrogens is 416 g/mol. The van der Waals surface area contributed by atoms with E-state index >= 15 is 0 Å². The fraction of sp³-hybridized carbons (Fsp3) is 0.0476. The third-order valence-corrected chi connectivity index (χ3v) is 5.39. The monoisotopic (exact) mass is 430 g/mol. The molecule has 0 fully saturated rings. The molecule has 3 N–H and O–H groups in total. The van der Waals surface area contributed by atoms with Gasteiger partial charge in [-0.25, -0.2) is 0 Å². The Morgan fingerprint density at radius 3 is 1.72 bits per heavy atom. The van der Waals surface area contributed by atoms with Crippen LogP contribution in [-0.2, 0) is 0 Å². The van der Waals surface area contributed by atoms with Crippen LogP contribution < -0.4 is 0 Å². The van der Waals surface area contributed by atoms with E-state index in [2.05, 4.69) is 19.9 Å². The fourth-order valence-corrected chi connectivity index (χ4v) is 3.93. The van der Waals surface area contributed by atoms with Gasteiger partial charge in [0.2, 0.25) is 0 Å². The van der Waals surface area contributed by atoms with Crippen LogP contribution in [0.2, 0.25) is 0 Å². The zero-order valence-corrected chi connectivity index (χ0v) is 16.2. The van der Waals surface area contributed by atoms with Crippen molar-refractivity contribution in [2.45, 2.75) is 5.92 Å². The van der Waals surface area contributed by atoms with Gasteiger partial charge in [-0.3, -0.25) is 0 Å². The van der Waals surface area contributed by atoms with E-state index in [1.807, 2.05) is 0 Å². The molecule has 5 rings (SSSR count). The lowest BCUT2D eigenvalue weighted by molar-refractivity contribution is -0.389. The zero-order valence-electron chi connectivity index (χ0n) is 16.2. The summed E-state index contributed by atoms with van der Waals surface area (Å²) in [7, 11) is 0. The highest BCUT2D eigenvalue weighted by atomic mass is 16.6. The van der Waals surface area contributed by atoms with Crippen molar-refractivity contribution in [1.29, 1.82) is 0 Å². The Morgan fingerprint density at radius 2 is 1.28 bits per heavy atom. The SMILES string of the molecule is O=[N+]([O-])c1cc2c(C(c3ccc(O)cc3)c3c[nH]c4cnc([N+](=O)[O-])cc34)c[nH]c2cn1. The van der Waals surface area contributed by atoms with E-state index in [4.69, 9.17) is 0 Å². The number of phenols is 1. The molecule has 4 aromatic heterocycles. The summed E-state index contributed by atoms with van der Waals surface area (Å²) in [5.74, 6) is -0.949. The molecule has 0 radical (unpaired) electrons. The van der Waals surface area contributed by atoms with Crippen LogP contribution in [-0.4, -0.2) is 34.9 Å². The molecule has 158 valence electrons. The number of fused-ring (bicyclic) bond motifs is 2. The van der Waals surface area contributed by atoms with Crippen molar-refractivity contribution in [2.75, 3.05) is 0 Å². The van der Waals surface area contributed by atoms with Gasteiger partial charge in [-0.15, -0.1) is 0 Å². The Morgan fingerprint density at radius 1 is 0.812 bits per heavy atom. The molecule has 0 unspecified atom stereocenters. The molecule has 5 aromatic rings. The van der Waals surface area contributed by atoms with E-state index in [1.165, 1.54) is 24.5 Å². The number of hydrogen-bond donors (Lipinski definition) is 3. The first-order valence-corrected chi connectivity index (χ1v) is 9.44. The number of H-pyrrole nitrogens is 2. The first-order chi connectivity index (χ1) is 15.4. The molecule has 0 amide bonds. The van der Waals surface area contributed by atoms with E-state index in [9.17, 15) is 25.3 Å². The molecule has 11 nitrogen and oxygen atoms in total. The number of phenolic OH excluding ortho intramolecular Hbond substituents is 1. The van der Waals surface area contributed by atoms with E-state index in [0.717, 1.165) is 16.7 Å². The van der Waals surface area contributed by atoms with Crippen molar-refractivity contribution in [2.24, 2.45) is 0 Å². The van der Waals surface area contributed by atoms with Crippen LogP contribution in [0.3, 0.4) is 0 Å². The molecule has 1 aromatic carbocycles. The number of aromatic amines is 2. The quantitative estimate of drug-likeness (QED) is 0.278. The summed E-state index contributed by atoms with van der Waals surface area (Å²) in [5, 5.41) is 33.5. The second kappa shape index (κ2) is 7.16. The number of nitrogens with one attached hydrogen (secondary N) is 2. The minimum atomic E-state index is -0.563. The highest BCUT2D eigenvalue weighted by Crippen LogP contribution is 2.40. The van der Waals surface area contributed by atoms with Crippen LogP contribution in [0.15, 0.2) is 61.2 Å². The average Bonchev–Trinajstić information content (AvgIpc) is 3.39. The van der Waals surface area contributed by atoms with Crippen LogP contribution >= 0.6 is 0 Å². The summed E-state index contributed by atoms with van der Waals surface area (Å²) in [6, 6.07) is 9.35. The zero-order chi connectivity index (χ0) is 22.4. The minimum Gasteiger partial charge on any atom is -0.508 e. The first-order valence-electron chi connectivity index (χ1n) is 9.44. The van der Waals surface area contributed by atoms with Gasteiger partial charge in [-0.2, -0.15) is 0 Å². The Hall–Kier alpha value is -4.80. The Labute approximate surface area is 178 Å². The molecule has 32 heavy (non-hydrogen) atoms. The third kappa shape index (κ3) is 3.08. The molecule has 0 saturated carbocycles. The molecule has 0 aliphatic rings. The lowest BCUT2D eigenvalue weighted by Gasteiger charge is -2.17. The van der Waals surface area contributed by atoms with E-state index in [1.54, 1.807) is 36.7 Å². The maximum absolute atomic E-state index is 11.3. The summed E-state index contributed by atoms with van der Waals surface area (Å²) >= 11 is 0. The smallest absolute Gasteiger partial charge is 0.364 e. The molecule has 0 atom stereocenters. The Bertz CT molecular complexity index is 1410. The van der Waals surface area contributed by atoms with Gasteiger partial charge in [-0.1, -0.05) is 12.1 Å². The Balaban J connectivity index is 1.79. The summed E-state index contributed by atoms with van der Waals surface area (Å²) in [6.07, 6.45) is 6.27. The number of pyridine rings is 2. The lowest BCUT2D eigenvalue weighted by Crippen LogP contribution is -2.03. The standard InChI is InChI=1S/C21H14N6O5/c28-12-3-1-11(2-4-12)21(15-7-22-17-9-24-19(26(29)30)5-13(15)17)16-8-23-18-10-25-20(27(31)32)6-14(16)18/h1-10,21-23,28H. The highest BCUT2D eigenvalue weighted by Gasteiger charge is 2.26. The summed E-state index contributed by atoms with van der Waals surface area (Å²) < 4.78 is 0. The molecule has 0 saturated heterocycles. The Kier molecular flexibility index (Phi) is 4.29. The summed E-state index contributed by atoms with van der Waals surface area (Å²) in [5.41, 5.74) is 3.44. The van der Waals surface area contributed by atoms with Crippen molar-refractivity contribution >= 4 is 33.4 Å². The van der Waals surface area contributed by atoms with Gasteiger partial charge in [0, 0.05) is 41.2 Å². The van der Waals surface area contributed by atoms with Gasteiger partial charge >= 0.3 is 11.6 Å². The summed E-state index contributed by atoms with van der Waals surface area (Å²) in [4.78, 5) is 35.3. The highest BCUT2D eigenvalue weighted by molar-refractivity contribution is 5.89. The van der Waals surface area contributed by atoms with Crippen molar-refractivity contribution in [1.82, 2.24) is 19.9 Å². The lowest BCUT2D eigenvalue weighted by atomic mass is 9.85. The molecular formula is C21H14N6O5. The number of hydrogen-bond acceptors (Lipinski definition) is 7. The van der Waals surface area contributed by atoms with Crippen LogP contribution in [0.25, 0.3) is 21.8 Å². The number of nitrogens with zero attached hydrogens (tertiary/aromatic N) is 4. The number of rotatable bonds is 5. The van der Waals surface area contributed by atoms with Crippen LogP contribution in [0.4, 0.5) is 11.6 Å². The van der Waals surface area contributed by atoms with Gasteiger partial charge in [-0.05, 0) is 48.6 Å². The number of aromatic nitrogens is 4. The van der Waals surface area contributed by atoms with Crippen molar-refractivity contribution < 1.29 is 15.0 Å². The van der Waals surface area contributed by atoms with Gasteiger partial charge in [0.15, 0.2) is 12.4 Å². The normalized spacial score (nSPS) is 11.4. The molecule has 0 bridgehead atoms. The van der Waals surface area contributed by atoms with E-state index in [0.29, 0.717) is 21.8 Å². The number of aromatic hydroxyl groups is 1. The largest absolute Gasteiger partial charge is 0.508 e. The topological polar surface area (TPSA) is 164 Å². The second-order valence-electron chi connectivity index (χ2n) is 7.20. The van der Waals surface area contributed by atoms with Gasteiger partial charge in [0.25, 0.3) is 0 Å². The van der Waals surface area contributed by atoms with Crippen molar-refractivity contribution in [3.05, 3.63) is 98.1 Å². The van der Waals surface area contributed by atoms with Gasteiger partial charge < -0.3 is 35.3 Å². The van der Waals surface area contributed by atoms with Crippen molar-refractivity contribution in [3.63, 3.8) is 0 Å².